The van der Waals surface area contributed by atoms with Crippen LogP contribution < -0.4 is 15.6 Å². The predicted molar refractivity (Wildman–Crippen MR) is 128 cm³/mol. The van der Waals surface area contributed by atoms with Gasteiger partial charge in [-0.2, -0.15) is 0 Å². The fourth-order valence-electron chi connectivity index (χ4n) is 3.62. The maximum Gasteiger partial charge on any atom is 0.271 e. The fraction of sp³-hybridized carbons (Fsp3) is 0.240. The Kier molecular flexibility index (Phi) is 6.37. The number of thiophene rings is 1. The van der Waals surface area contributed by atoms with E-state index in [9.17, 15) is 9.59 Å². The molecule has 0 fully saturated rings. The van der Waals surface area contributed by atoms with E-state index in [1.165, 1.54) is 22.2 Å². The summed E-state index contributed by atoms with van der Waals surface area (Å²) in [5.41, 5.74) is 2.47. The summed E-state index contributed by atoms with van der Waals surface area (Å²) in [6, 6.07) is 19.3. The Morgan fingerprint density at radius 1 is 1.12 bits per heavy atom. The Bertz CT molecular complexity index is 1280. The summed E-state index contributed by atoms with van der Waals surface area (Å²) in [6.07, 6.45) is 1.45. The first-order valence-electron chi connectivity index (χ1n) is 10.4. The van der Waals surface area contributed by atoms with E-state index in [2.05, 4.69) is 10.3 Å². The van der Waals surface area contributed by atoms with Crippen LogP contribution in [-0.2, 0) is 11.3 Å². The van der Waals surface area contributed by atoms with Crippen molar-refractivity contribution >= 4 is 27.5 Å². The van der Waals surface area contributed by atoms with Gasteiger partial charge in [0.2, 0.25) is 5.91 Å². The lowest BCUT2D eigenvalue weighted by molar-refractivity contribution is -0.122. The van der Waals surface area contributed by atoms with Crippen LogP contribution in [-0.4, -0.2) is 22.6 Å². The summed E-state index contributed by atoms with van der Waals surface area (Å²) in [6.45, 7) is 4.01. The highest BCUT2D eigenvalue weighted by Gasteiger charge is 2.19. The molecule has 0 saturated carbocycles. The first-order valence-corrected chi connectivity index (χ1v) is 11.3. The lowest BCUT2D eigenvalue weighted by Gasteiger charge is -2.23. The van der Waals surface area contributed by atoms with Gasteiger partial charge in [0.25, 0.3) is 5.56 Å². The van der Waals surface area contributed by atoms with Gasteiger partial charge < -0.3 is 10.1 Å². The van der Waals surface area contributed by atoms with Gasteiger partial charge in [-0.25, -0.2) is 4.98 Å². The number of nitrogens with zero attached hydrogens (tertiary/aromatic N) is 2. The highest BCUT2D eigenvalue weighted by atomic mass is 32.1. The van der Waals surface area contributed by atoms with Gasteiger partial charge in [0.05, 0.1) is 25.0 Å². The number of methoxy groups -OCH3 is 1. The van der Waals surface area contributed by atoms with Gasteiger partial charge >= 0.3 is 0 Å². The van der Waals surface area contributed by atoms with E-state index >= 15 is 0 Å². The van der Waals surface area contributed by atoms with E-state index < -0.39 is 0 Å². The van der Waals surface area contributed by atoms with Gasteiger partial charge in [-0.15, -0.1) is 11.3 Å². The zero-order valence-electron chi connectivity index (χ0n) is 18.2. The van der Waals surface area contributed by atoms with Crippen molar-refractivity contribution in [2.24, 2.45) is 5.92 Å². The average Bonchev–Trinajstić information content (AvgIpc) is 3.25. The zero-order chi connectivity index (χ0) is 22.7. The van der Waals surface area contributed by atoms with Crippen LogP contribution in [0, 0.1) is 5.92 Å². The van der Waals surface area contributed by atoms with Gasteiger partial charge in [-0.05, 0) is 35.2 Å². The van der Waals surface area contributed by atoms with Crippen molar-refractivity contribution in [2.75, 3.05) is 7.11 Å². The number of hydrogen-bond donors (Lipinski definition) is 1. The lowest BCUT2D eigenvalue weighted by Crippen LogP contribution is -2.36. The van der Waals surface area contributed by atoms with Crippen molar-refractivity contribution in [3.05, 3.63) is 82.9 Å². The van der Waals surface area contributed by atoms with Crippen molar-refractivity contribution in [3.63, 3.8) is 0 Å². The van der Waals surface area contributed by atoms with Crippen molar-refractivity contribution in [3.8, 4) is 16.2 Å². The van der Waals surface area contributed by atoms with Crippen LogP contribution in [0.2, 0.25) is 0 Å². The van der Waals surface area contributed by atoms with Crippen molar-refractivity contribution < 1.29 is 9.53 Å². The molecule has 4 rings (SSSR count). The molecule has 0 spiro atoms. The van der Waals surface area contributed by atoms with E-state index in [4.69, 9.17) is 4.74 Å². The molecule has 2 aromatic carbocycles. The Balaban J connectivity index is 1.54. The molecule has 1 atom stereocenters. The van der Waals surface area contributed by atoms with Crippen LogP contribution in [0.1, 0.15) is 25.5 Å². The first kappa shape index (κ1) is 21.8. The van der Waals surface area contributed by atoms with Crippen LogP contribution >= 0.6 is 11.3 Å². The summed E-state index contributed by atoms with van der Waals surface area (Å²) in [5.74, 6) is 0.706. The molecule has 1 N–H and O–H groups in total. The largest absolute Gasteiger partial charge is 0.497 e. The van der Waals surface area contributed by atoms with Crippen LogP contribution in [0.15, 0.2) is 71.8 Å². The number of benzene rings is 2. The third kappa shape index (κ3) is 4.57. The number of carbonyl (C=O) groups is 1. The highest BCUT2D eigenvalue weighted by Crippen LogP contribution is 2.30. The van der Waals surface area contributed by atoms with Crippen molar-refractivity contribution in [1.82, 2.24) is 14.9 Å². The maximum atomic E-state index is 13.0. The van der Waals surface area contributed by atoms with E-state index in [0.717, 1.165) is 21.8 Å². The molecule has 0 saturated heterocycles. The van der Waals surface area contributed by atoms with E-state index in [1.54, 1.807) is 7.11 Å². The van der Waals surface area contributed by atoms with Gasteiger partial charge in [-0.3, -0.25) is 14.2 Å². The average molecular weight is 448 g/mol. The third-order valence-electron chi connectivity index (χ3n) is 5.33. The topological polar surface area (TPSA) is 73.2 Å². The molecule has 4 aromatic rings. The second-order valence-corrected chi connectivity index (χ2v) is 8.98. The van der Waals surface area contributed by atoms with Crippen LogP contribution in [0.4, 0.5) is 0 Å². The standard InChI is InChI=1S/C25H25N3O3S/c1-16(2)23(18-9-11-19(31-3)12-10-18)27-22(29)14-28-15-26-20-13-21(32-24(20)25(28)30)17-7-5-4-6-8-17/h4-13,15-16,23H,14H2,1-3H3,(H,27,29)/t23-/m1/s1. The fourth-order valence-corrected chi connectivity index (χ4v) is 4.69. The predicted octanol–water partition coefficient (Wildman–Crippen LogP) is 4.65. The molecule has 2 heterocycles. The van der Waals surface area contributed by atoms with E-state index in [1.807, 2.05) is 74.5 Å². The molecular formula is C25H25N3O3S. The summed E-state index contributed by atoms with van der Waals surface area (Å²) >= 11 is 1.40. The molecule has 0 bridgehead atoms. The molecule has 0 aliphatic carbocycles. The lowest BCUT2D eigenvalue weighted by atomic mass is 9.96. The van der Waals surface area contributed by atoms with Crippen LogP contribution in [0.25, 0.3) is 20.7 Å². The molecular weight excluding hydrogens is 422 g/mol. The number of hydrogen-bond acceptors (Lipinski definition) is 5. The molecule has 164 valence electrons. The molecule has 2 aromatic heterocycles. The Hall–Kier alpha value is -3.45. The molecule has 0 aliphatic rings. The molecule has 7 heteroatoms. The number of carbonyl (C=O) groups excluding carboxylic acids is 1. The molecule has 0 radical (unpaired) electrons. The van der Waals surface area contributed by atoms with Crippen LogP contribution in [0.3, 0.4) is 0 Å². The Morgan fingerprint density at radius 3 is 2.50 bits per heavy atom. The molecule has 0 aliphatic heterocycles. The summed E-state index contributed by atoms with van der Waals surface area (Å²) < 4.78 is 7.14. The SMILES string of the molecule is COc1ccc([C@H](NC(=O)Cn2cnc3cc(-c4ccccc4)sc3c2=O)C(C)C)cc1. The number of ether oxygens (including phenoxy) is 1. The number of rotatable bonds is 7. The van der Waals surface area contributed by atoms with Crippen LogP contribution in [0.5, 0.6) is 5.75 Å². The van der Waals surface area contributed by atoms with E-state index in [-0.39, 0.29) is 30.0 Å². The second kappa shape index (κ2) is 9.36. The van der Waals surface area contributed by atoms with E-state index in [0.29, 0.717) is 10.2 Å². The summed E-state index contributed by atoms with van der Waals surface area (Å²) in [5, 5.41) is 3.06. The van der Waals surface area contributed by atoms with Gasteiger partial charge in [0, 0.05) is 4.88 Å². The highest BCUT2D eigenvalue weighted by molar-refractivity contribution is 7.22. The zero-order valence-corrected chi connectivity index (χ0v) is 19.1. The number of amides is 1. The molecule has 32 heavy (non-hydrogen) atoms. The smallest absolute Gasteiger partial charge is 0.271 e. The first-order chi connectivity index (χ1) is 15.5. The number of fused-ring (bicyclic) bond motifs is 1. The number of nitrogens with one attached hydrogen (secondary N) is 1. The second-order valence-electron chi connectivity index (χ2n) is 7.93. The minimum absolute atomic E-state index is 0.0836. The normalized spacial score (nSPS) is 12.1. The third-order valence-corrected chi connectivity index (χ3v) is 6.50. The Morgan fingerprint density at radius 2 is 1.84 bits per heavy atom. The van der Waals surface area contributed by atoms with Crippen molar-refractivity contribution in [2.45, 2.75) is 26.4 Å². The quantitative estimate of drug-likeness (QED) is 0.448. The maximum absolute atomic E-state index is 13.0. The summed E-state index contributed by atoms with van der Waals surface area (Å²) in [4.78, 5) is 31.2. The Labute approximate surface area is 190 Å². The molecule has 1 amide bonds. The van der Waals surface area contributed by atoms with Gasteiger partial charge in [0.1, 0.15) is 17.0 Å². The summed E-state index contributed by atoms with van der Waals surface area (Å²) in [7, 11) is 1.62. The minimum Gasteiger partial charge on any atom is -0.497 e. The number of aromatic nitrogens is 2. The van der Waals surface area contributed by atoms with Gasteiger partial charge in [-0.1, -0.05) is 56.3 Å². The molecule has 0 unspecified atom stereocenters. The minimum atomic E-state index is -0.234. The monoisotopic (exact) mass is 447 g/mol. The van der Waals surface area contributed by atoms with Gasteiger partial charge in [0.15, 0.2) is 0 Å². The molecule has 6 nitrogen and oxygen atoms in total. The van der Waals surface area contributed by atoms with Crippen molar-refractivity contribution in [1.29, 1.82) is 0 Å².